The Morgan fingerprint density at radius 2 is 1.94 bits per heavy atom. The highest BCUT2D eigenvalue weighted by atomic mass is 16.6. The van der Waals surface area contributed by atoms with Crippen LogP contribution in [0, 0.1) is 0 Å². The largest absolute Gasteiger partial charge is 0.444 e. The zero-order valence-electron chi connectivity index (χ0n) is 18.3. The molecule has 4 amide bonds. The van der Waals surface area contributed by atoms with Crippen molar-refractivity contribution in [1.82, 2.24) is 20.0 Å². The van der Waals surface area contributed by atoms with E-state index >= 15 is 0 Å². The van der Waals surface area contributed by atoms with Crippen LogP contribution >= 0.6 is 0 Å². The highest BCUT2D eigenvalue weighted by Crippen LogP contribution is 2.31. The quantitative estimate of drug-likeness (QED) is 0.798. The van der Waals surface area contributed by atoms with Crippen LogP contribution in [0.25, 0.3) is 16.5 Å². The molecule has 1 aromatic heterocycles. The minimum Gasteiger partial charge on any atom is -0.444 e. The van der Waals surface area contributed by atoms with Gasteiger partial charge in [-0.05, 0) is 50.5 Å². The van der Waals surface area contributed by atoms with E-state index in [1.807, 2.05) is 46.0 Å². The predicted molar refractivity (Wildman–Crippen MR) is 117 cm³/mol. The SMILES string of the molecule is Cn1nc(N2CCC(=O)NC2=O)c2ccc(C3=CCN(C(=O)OC(C)(C)C)CC3)cc21. The van der Waals surface area contributed by atoms with E-state index in [-0.39, 0.29) is 18.4 Å². The van der Waals surface area contributed by atoms with Crippen LogP contribution in [0.5, 0.6) is 0 Å². The topological polar surface area (TPSA) is 96.8 Å². The normalized spacial score (nSPS) is 17.6. The molecule has 0 spiro atoms. The molecule has 0 radical (unpaired) electrons. The number of fused-ring (bicyclic) bond motifs is 1. The fourth-order valence-electron chi connectivity index (χ4n) is 3.83. The molecule has 1 aromatic carbocycles. The van der Waals surface area contributed by atoms with E-state index in [0.717, 1.165) is 28.5 Å². The van der Waals surface area contributed by atoms with E-state index in [2.05, 4.69) is 16.5 Å². The van der Waals surface area contributed by atoms with Gasteiger partial charge in [-0.3, -0.25) is 19.7 Å². The van der Waals surface area contributed by atoms with E-state index in [1.54, 1.807) is 9.58 Å². The molecule has 1 N–H and O–H groups in total. The second-order valence-electron chi connectivity index (χ2n) is 8.84. The van der Waals surface area contributed by atoms with Crippen molar-refractivity contribution in [1.29, 1.82) is 0 Å². The Kier molecular flexibility index (Phi) is 5.20. The van der Waals surface area contributed by atoms with Gasteiger partial charge in [0.05, 0.1) is 5.52 Å². The molecule has 3 heterocycles. The minimum absolute atomic E-state index is 0.253. The number of ether oxygens (including phenoxy) is 1. The number of hydrogen-bond donors (Lipinski definition) is 1. The van der Waals surface area contributed by atoms with Crippen LogP contribution in [0.15, 0.2) is 24.3 Å². The van der Waals surface area contributed by atoms with Gasteiger partial charge >= 0.3 is 12.1 Å². The number of aryl methyl sites for hydroxylation is 1. The number of rotatable bonds is 2. The van der Waals surface area contributed by atoms with E-state index in [1.165, 1.54) is 4.90 Å². The molecule has 0 aliphatic carbocycles. The van der Waals surface area contributed by atoms with Crippen molar-refractivity contribution < 1.29 is 19.1 Å². The van der Waals surface area contributed by atoms with E-state index in [0.29, 0.717) is 25.5 Å². The van der Waals surface area contributed by atoms with Crippen LogP contribution in [0.1, 0.15) is 39.2 Å². The Labute approximate surface area is 180 Å². The molecule has 1 fully saturated rings. The van der Waals surface area contributed by atoms with Crippen LogP contribution in [0.2, 0.25) is 0 Å². The van der Waals surface area contributed by atoms with Gasteiger partial charge in [-0.15, -0.1) is 0 Å². The van der Waals surface area contributed by atoms with Crippen molar-refractivity contribution in [2.75, 3.05) is 24.5 Å². The van der Waals surface area contributed by atoms with Gasteiger partial charge in [0.1, 0.15) is 5.60 Å². The number of amides is 4. The third-order valence-electron chi connectivity index (χ3n) is 5.37. The average molecular weight is 425 g/mol. The molecule has 0 bridgehead atoms. The molecule has 9 nitrogen and oxygen atoms in total. The summed E-state index contributed by atoms with van der Waals surface area (Å²) in [6.45, 7) is 6.99. The van der Waals surface area contributed by atoms with Gasteiger partial charge in [0.2, 0.25) is 5.91 Å². The van der Waals surface area contributed by atoms with Crippen LogP contribution in [-0.2, 0) is 16.6 Å². The molecule has 0 atom stereocenters. The number of imide groups is 1. The zero-order valence-corrected chi connectivity index (χ0v) is 18.3. The standard InChI is InChI=1S/C22H27N5O4/c1-22(2,3)31-21(30)26-10-7-14(8-11-26)15-5-6-16-17(13-15)25(4)24-19(16)27-12-9-18(28)23-20(27)29/h5-7,13H,8-12H2,1-4H3,(H,23,28,29). The van der Waals surface area contributed by atoms with Crippen molar-refractivity contribution in [3.05, 3.63) is 29.8 Å². The van der Waals surface area contributed by atoms with Crippen molar-refractivity contribution in [2.45, 2.75) is 39.2 Å². The summed E-state index contributed by atoms with van der Waals surface area (Å²) >= 11 is 0. The maximum Gasteiger partial charge on any atom is 0.410 e. The first kappa shape index (κ1) is 20.9. The summed E-state index contributed by atoms with van der Waals surface area (Å²) in [7, 11) is 1.84. The molecular formula is C22H27N5O4. The van der Waals surface area contributed by atoms with Gasteiger partial charge in [-0.25, -0.2) is 9.59 Å². The van der Waals surface area contributed by atoms with Gasteiger partial charge in [-0.1, -0.05) is 12.1 Å². The molecule has 2 aliphatic heterocycles. The molecule has 0 saturated carbocycles. The van der Waals surface area contributed by atoms with Crippen molar-refractivity contribution >= 4 is 40.3 Å². The maximum atomic E-state index is 12.3. The second kappa shape index (κ2) is 7.72. The van der Waals surface area contributed by atoms with Crippen LogP contribution < -0.4 is 10.2 Å². The lowest BCUT2D eigenvalue weighted by Gasteiger charge is -2.29. The van der Waals surface area contributed by atoms with Crippen LogP contribution in [0.4, 0.5) is 15.4 Å². The number of urea groups is 1. The Morgan fingerprint density at radius 1 is 1.16 bits per heavy atom. The summed E-state index contributed by atoms with van der Waals surface area (Å²) in [5, 5.41) is 7.71. The summed E-state index contributed by atoms with van der Waals surface area (Å²) in [6.07, 6.45) is 2.73. The molecule has 31 heavy (non-hydrogen) atoms. The van der Waals surface area contributed by atoms with Crippen molar-refractivity contribution in [2.24, 2.45) is 7.05 Å². The first-order valence-electron chi connectivity index (χ1n) is 10.4. The van der Waals surface area contributed by atoms with Crippen molar-refractivity contribution in [3.8, 4) is 0 Å². The molecule has 4 rings (SSSR count). The monoisotopic (exact) mass is 425 g/mol. The first-order chi connectivity index (χ1) is 14.6. The molecule has 164 valence electrons. The lowest BCUT2D eigenvalue weighted by atomic mass is 9.98. The third-order valence-corrected chi connectivity index (χ3v) is 5.37. The predicted octanol–water partition coefficient (Wildman–Crippen LogP) is 3.04. The molecule has 9 heteroatoms. The summed E-state index contributed by atoms with van der Waals surface area (Å²) in [5.41, 5.74) is 2.60. The van der Waals surface area contributed by atoms with Gasteiger partial charge in [0.15, 0.2) is 5.82 Å². The number of carbonyl (C=O) groups excluding carboxylic acids is 3. The van der Waals surface area contributed by atoms with Gasteiger partial charge < -0.3 is 9.64 Å². The number of anilines is 1. The van der Waals surface area contributed by atoms with Gasteiger partial charge in [0.25, 0.3) is 0 Å². The Bertz CT molecular complexity index is 1100. The van der Waals surface area contributed by atoms with E-state index in [4.69, 9.17) is 4.74 Å². The van der Waals surface area contributed by atoms with Gasteiger partial charge in [0, 0.05) is 38.5 Å². The number of benzene rings is 1. The fourth-order valence-corrected chi connectivity index (χ4v) is 3.83. The van der Waals surface area contributed by atoms with E-state index in [9.17, 15) is 14.4 Å². The molecule has 0 unspecified atom stereocenters. The number of hydrogen-bond acceptors (Lipinski definition) is 5. The number of aromatic nitrogens is 2. The highest BCUT2D eigenvalue weighted by molar-refractivity contribution is 6.09. The fraction of sp³-hybridized carbons (Fsp3) is 0.455. The summed E-state index contributed by atoms with van der Waals surface area (Å²) in [4.78, 5) is 39.2. The average Bonchev–Trinajstić information content (AvgIpc) is 3.03. The lowest BCUT2D eigenvalue weighted by molar-refractivity contribution is -0.120. The summed E-state index contributed by atoms with van der Waals surface area (Å²) in [6, 6.07) is 5.57. The Hall–Kier alpha value is -3.36. The number of nitrogens with zero attached hydrogens (tertiary/aromatic N) is 4. The number of nitrogens with one attached hydrogen (secondary N) is 1. The number of carbonyl (C=O) groups is 3. The van der Waals surface area contributed by atoms with Crippen molar-refractivity contribution in [3.63, 3.8) is 0 Å². The minimum atomic E-state index is -0.512. The lowest BCUT2D eigenvalue weighted by Crippen LogP contribution is -2.49. The second-order valence-corrected chi connectivity index (χ2v) is 8.84. The first-order valence-corrected chi connectivity index (χ1v) is 10.4. The Morgan fingerprint density at radius 3 is 2.58 bits per heavy atom. The summed E-state index contributed by atoms with van der Waals surface area (Å²) in [5.74, 6) is 0.274. The van der Waals surface area contributed by atoms with Crippen LogP contribution in [-0.4, -0.2) is 57.9 Å². The van der Waals surface area contributed by atoms with Gasteiger partial charge in [-0.2, -0.15) is 5.10 Å². The summed E-state index contributed by atoms with van der Waals surface area (Å²) < 4.78 is 7.20. The zero-order chi connectivity index (χ0) is 22.3. The van der Waals surface area contributed by atoms with E-state index < -0.39 is 11.6 Å². The highest BCUT2D eigenvalue weighted by Gasteiger charge is 2.28. The Balaban J connectivity index is 1.55. The third kappa shape index (κ3) is 4.26. The molecule has 2 aromatic rings. The molecular weight excluding hydrogens is 398 g/mol. The molecule has 2 aliphatic rings. The maximum absolute atomic E-state index is 12.3. The van der Waals surface area contributed by atoms with Crippen LogP contribution in [0.3, 0.4) is 0 Å². The smallest absolute Gasteiger partial charge is 0.410 e. The molecule has 1 saturated heterocycles.